The molecule has 3 aromatic rings. The highest BCUT2D eigenvalue weighted by Crippen LogP contribution is 2.22. The monoisotopic (exact) mass is 398 g/mol. The molecule has 1 aromatic heterocycles. The van der Waals surface area contributed by atoms with Gasteiger partial charge in [-0.3, -0.25) is 0 Å². The van der Waals surface area contributed by atoms with Gasteiger partial charge in [0.25, 0.3) is 0 Å². The maximum absolute atomic E-state index is 4.43. The lowest BCUT2D eigenvalue weighted by molar-refractivity contribution is 0.522. The molecule has 30 heavy (non-hydrogen) atoms. The van der Waals surface area contributed by atoms with Crippen molar-refractivity contribution in [2.75, 3.05) is 0 Å². The van der Waals surface area contributed by atoms with E-state index < -0.39 is 0 Å². The minimum atomic E-state index is 0.171. The Kier molecular flexibility index (Phi) is 7.91. The Morgan fingerprint density at radius 3 is 2.20 bits per heavy atom. The second-order valence-corrected chi connectivity index (χ2v) is 8.17. The Morgan fingerprint density at radius 1 is 0.933 bits per heavy atom. The Balaban J connectivity index is 1.69. The summed E-state index contributed by atoms with van der Waals surface area (Å²) >= 11 is 0. The van der Waals surface area contributed by atoms with Crippen LogP contribution in [0.2, 0.25) is 0 Å². The number of nitrogens with zero attached hydrogens (tertiary/aromatic N) is 2. The molecule has 0 amide bonds. The summed E-state index contributed by atoms with van der Waals surface area (Å²) in [5, 5.41) is 0. The van der Waals surface area contributed by atoms with Gasteiger partial charge in [-0.15, -0.1) is 0 Å². The zero-order chi connectivity index (χ0) is 21.3. The maximum atomic E-state index is 4.43. The summed E-state index contributed by atoms with van der Waals surface area (Å²) in [6.07, 6.45) is 9.52. The van der Waals surface area contributed by atoms with Gasteiger partial charge in [0.05, 0.1) is 6.04 Å². The highest BCUT2D eigenvalue weighted by molar-refractivity contribution is 5.64. The lowest BCUT2D eigenvalue weighted by Gasteiger charge is -2.12. The summed E-state index contributed by atoms with van der Waals surface area (Å²) in [6.45, 7) is 8.91. The summed E-state index contributed by atoms with van der Waals surface area (Å²) in [4.78, 5) is 4.43. The fraction of sp³-hybridized carbons (Fsp3) is 0.393. The van der Waals surface area contributed by atoms with Crippen LogP contribution in [0.3, 0.4) is 0 Å². The predicted molar refractivity (Wildman–Crippen MR) is 127 cm³/mol. The third-order valence-electron chi connectivity index (χ3n) is 5.71. The van der Waals surface area contributed by atoms with Crippen LogP contribution in [0.1, 0.15) is 70.0 Å². The Bertz CT molecular complexity index is 968. The molecule has 0 aliphatic carbocycles. The molecule has 0 saturated carbocycles. The van der Waals surface area contributed by atoms with E-state index in [1.807, 2.05) is 12.4 Å². The smallest absolute Gasteiger partial charge is 0.109 e. The predicted octanol–water partition coefficient (Wildman–Crippen LogP) is 7.09. The van der Waals surface area contributed by atoms with Crippen LogP contribution in [0, 0.1) is 17.8 Å². The largest absolute Gasteiger partial charge is 0.321 e. The van der Waals surface area contributed by atoms with Gasteiger partial charge in [-0.05, 0) is 47.6 Å². The van der Waals surface area contributed by atoms with Crippen LogP contribution < -0.4 is 0 Å². The molecule has 156 valence electrons. The van der Waals surface area contributed by atoms with Gasteiger partial charge in [0.15, 0.2) is 0 Å². The first-order chi connectivity index (χ1) is 14.6. The maximum Gasteiger partial charge on any atom is 0.109 e. The lowest BCUT2D eigenvalue weighted by Crippen LogP contribution is -2.08. The molecule has 0 fully saturated rings. The molecule has 2 aromatic carbocycles. The first-order valence-electron chi connectivity index (χ1n) is 11.4. The molecule has 0 saturated heterocycles. The van der Waals surface area contributed by atoms with Gasteiger partial charge in [-0.1, -0.05) is 88.8 Å². The van der Waals surface area contributed by atoms with Gasteiger partial charge >= 0.3 is 0 Å². The van der Waals surface area contributed by atoms with Crippen molar-refractivity contribution in [1.82, 2.24) is 9.55 Å². The van der Waals surface area contributed by atoms with Crippen LogP contribution in [0.15, 0.2) is 60.9 Å². The fourth-order valence-electron chi connectivity index (χ4n) is 4.01. The van der Waals surface area contributed by atoms with Gasteiger partial charge in [-0.2, -0.15) is 0 Å². The Labute approximate surface area is 182 Å². The third kappa shape index (κ3) is 5.63. The minimum Gasteiger partial charge on any atom is -0.321 e. The quantitative estimate of drug-likeness (QED) is 0.370. The van der Waals surface area contributed by atoms with Crippen molar-refractivity contribution in [2.45, 2.75) is 65.8 Å². The second kappa shape index (κ2) is 10.8. The summed E-state index contributed by atoms with van der Waals surface area (Å²) < 4.78 is 2.20. The molecule has 0 radical (unpaired) electrons. The molecule has 2 nitrogen and oxygen atoms in total. The number of hydrogen-bond acceptors (Lipinski definition) is 1. The van der Waals surface area contributed by atoms with E-state index in [0.29, 0.717) is 0 Å². The molecule has 0 aliphatic heterocycles. The van der Waals surface area contributed by atoms with E-state index in [0.717, 1.165) is 36.6 Å². The van der Waals surface area contributed by atoms with Crippen LogP contribution in [0.5, 0.6) is 0 Å². The van der Waals surface area contributed by atoms with Crippen LogP contribution in [0.25, 0.3) is 11.1 Å². The first kappa shape index (κ1) is 21.9. The molecule has 2 unspecified atom stereocenters. The average molecular weight is 399 g/mol. The van der Waals surface area contributed by atoms with Crippen LogP contribution in [0.4, 0.5) is 0 Å². The van der Waals surface area contributed by atoms with Gasteiger partial charge < -0.3 is 4.57 Å². The zero-order valence-corrected chi connectivity index (χ0v) is 18.9. The van der Waals surface area contributed by atoms with E-state index in [1.54, 1.807) is 0 Å². The summed E-state index contributed by atoms with van der Waals surface area (Å²) in [5.41, 5.74) is 4.99. The Morgan fingerprint density at radius 2 is 1.60 bits per heavy atom. The van der Waals surface area contributed by atoms with E-state index >= 15 is 0 Å². The standard InChI is InChI=1S/C28H34N2/c1-5-8-22(4)21-24-11-16-26(17-12-24)25-14-9-23(10-15-25)13-18-27(6-2)30-20-19-29-28(30)7-3/h9-12,14-17,19-20,22,27H,5-8,21H2,1-4H3. The molecule has 0 spiro atoms. The molecule has 2 atom stereocenters. The van der Waals surface area contributed by atoms with E-state index in [4.69, 9.17) is 0 Å². The lowest BCUT2D eigenvalue weighted by atomic mass is 9.95. The number of benzene rings is 2. The van der Waals surface area contributed by atoms with E-state index in [-0.39, 0.29) is 6.04 Å². The van der Waals surface area contributed by atoms with E-state index in [1.165, 1.54) is 29.5 Å². The van der Waals surface area contributed by atoms with Crippen LogP contribution in [-0.4, -0.2) is 9.55 Å². The second-order valence-electron chi connectivity index (χ2n) is 8.17. The number of aryl methyl sites for hydroxylation is 1. The molecule has 0 bridgehead atoms. The van der Waals surface area contributed by atoms with Crippen molar-refractivity contribution in [3.63, 3.8) is 0 Å². The number of imidazole rings is 1. The Hall–Kier alpha value is -2.79. The first-order valence-corrected chi connectivity index (χ1v) is 11.4. The van der Waals surface area contributed by atoms with Gasteiger partial charge in [0.1, 0.15) is 5.82 Å². The van der Waals surface area contributed by atoms with Gasteiger partial charge in [0, 0.05) is 24.4 Å². The van der Waals surface area contributed by atoms with Crippen molar-refractivity contribution in [2.24, 2.45) is 5.92 Å². The fourth-order valence-corrected chi connectivity index (χ4v) is 4.01. The van der Waals surface area contributed by atoms with Crippen molar-refractivity contribution in [3.8, 4) is 23.0 Å². The van der Waals surface area contributed by atoms with Crippen molar-refractivity contribution >= 4 is 0 Å². The number of aromatic nitrogens is 2. The summed E-state index contributed by atoms with van der Waals surface area (Å²) in [6, 6.07) is 17.8. The SMILES string of the molecule is CCCC(C)Cc1ccc(-c2ccc(C#CC(CC)n3ccnc3CC)cc2)cc1. The molecular weight excluding hydrogens is 364 g/mol. The third-order valence-corrected chi connectivity index (χ3v) is 5.71. The molecule has 0 aliphatic rings. The van der Waals surface area contributed by atoms with Gasteiger partial charge in [-0.25, -0.2) is 4.98 Å². The minimum absolute atomic E-state index is 0.171. The van der Waals surface area contributed by atoms with Crippen molar-refractivity contribution in [1.29, 1.82) is 0 Å². The molecule has 0 N–H and O–H groups in total. The van der Waals surface area contributed by atoms with E-state index in [9.17, 15) is 0 Å². The average Bonchev–Trinajstić information content (AvgIpc) is 3.24. The topological polar surface area (TPSA) is 17.8 Å². The number of rotatable bonds is 8. The zero-order valence-electron chi connectivity index (χ0n) is 18.9. The molecule has 2 heteroatoms. The summed E-state index contributed by atoms with van der Waals surface area (Å²) in [5.74, 6) is 8.64. The highest BCUT2D eigenvalue weighted by atomic mass is 15.1. The molecule has 3 rings (SSSR count). The van der Waals surface area contributed by atoms with Crippen LogP contribution >= 0.6 is 0 Å². The summed E-state index contributed by atoms with van der Waals surface area (Å²) in [7, 11) is 0. The number of hydrogen-bond donors (Lipinski definition) is 0. The van der Waals surface area contributed by atoms with Crippen LogP contribution in [-0.2, 0) is 12.8 Å². The van der Waals surface area contributed by atoms with Crippen molar-refractivity contribution in [3.05, 3.63) is 77.9 Å². The van der Waals surface area contributed by atoms with E-state index in [2.05, 4.69) is 97.6 Å². The molecule has 1 heterocycles. The highest BCUT2D eigenvalue weighted by Gasteiger charge is 2.09. The van der Waals surface area contributed by atoms with Crippen molar-refractivity contribution < 1.29 is 0 Å². The van der Waals surface area contributed by atoms with Gasteiger partial charge in [0.2, 0.25) is 0 Å². The normalized spacial score (nSPS) is 12.8. The molecular formula is C28H34N2.